The molecule has 0 fully saturated rings. The molecule has 204 valence electrons. The minimum atomic E-state index is -4.71. The molecule has 3 aromatic carbocycles. The van der Waals surface area contributed by atoms with E-state index in [4.69, 9.17) is 9.47 Å². The van der Waals surface area contributed by atoms with Crippen molar-refractivity contribution >= 4 is 31.8 Å². The van der Waals surface area contributed by atoms with Crippen LogP contribution in [0.3, 0.4) is 0 Å². The van der Waals surface area contributed by atoms with Crippen LogP contribution in [0.2, 0.25) is 0 Å². The van der Waals surface area contributed by atoms with Gasteiger partial charge in [0.1, 0.15) is 23.9 Å². The molecule has 0 saturated heterocycles. The first-order valence-corrected chi connectivity index (χ1v) is 15.1. The summed E-state index contributed by atoms with van der Waals surface area (Å²) in [5.74, 6) is 0.714. The molecular weight excluding hydrogens is 573 g/mol. The zero-order valence-corrected chi connectivity index (χ0v) is 22.9. The Morgan fingerprint density at radius 2 is 1.77 bits per heavy atom. The van der Waals surface area contributed by atoms with Gasteiger partial charge < -0.3 is 9.47 Å². The molecule has 0 spiro atoms. The molecule has 39 heavy (non-hydrogen) atoms. The predicted molar refractivity (Wildman–Crippen MR) is 140 cm³/mol. The highest BCUT2D eigenvalue weighted by atomic mass is 32.3. The first-order chi connectivity index (χ1) is 18.5. The minimum absolute atomic E-state index is 0.0483. The maximum atomic E-state index is 13.7. The topological polar surface area (TPSA) is 114 Å². The summed E-state index contributed by atoms with van der Waals surface area (Å²) in [6.45, 7) is 0. The molecule has 0 aliphatic carbocycles. The van der Waals surface area contributed by atoms with Crippen molar-refractivity contribution in [1.82, 2.24) is 13.5 Å². The van der Waals surface area contributed by atoms with E-state index >= 15 is 0 Å². The van der Waals surface area contributed by atoms with Gasteiger partial charge in [-0.2, -0.15) is 26.9 Å². The van der Waals surface area contributed by atoms with E-state index in [2.05, 4.69) is 13.5 Å². The van der Waals surface area contributed by atoms with Crippen LogP contribution < -0.4 is 13.6 Å². The minimum Gasteiger partial charge on any atom is -0.497 e. The fourth-order valence-corrected chi connectivity index (χ4v) is 10.9. The number of benzene rings is 3. The highest BCUT2D eigenvalue weighted by Crippen LogP contribution is 2.64. The second kappa shape index (κ2) is 11.2. The molecule has 0 bridgehead atoms. The number of halogens is 3. The molecule has 14 heteroatoms. The third-order valence-corrected chi connectivity index (χ3v) is 12.6. The Morgan fingerprint density at radius 1 is 1.03 bits per heavy atom. The summed E-state index contributed by atoms with van der Waals surface area (Å²) in [6, 6.07) is 16.9. The van der Waals surface area contributed by atoms with Gasteiger partial charge in [0.2, 0.25) is 10.0 Å². The average Bonchev–Trinajstić information content (AvgIpc) is 3.48. The molecule has 8 nitrogen and oxygen atoms in total. The van der Waals surface area contributed by atoms with Gasteiger partial charge in [0, 0.05) is 22.3 Å². The Labute approximate surface area is 228 Å². The fraction of sp³-hybridized carbons (Fsp3) is 0.160. The summed E-state index contributed by atoms with van der Waals surface area (Å²) in [7, 11) is -4.51. The Bertz CT molecular complexity index is 1610. The number of alkyl halides is 3. The van der Waals surface area contributed by atoms with Crippen molar-refractivity contribution in [3.05, 3.63) is 89.7 Å². The Morgan fingerprint density at radius 3 is 2.36 bits per heavy atom. The zero-order chi connectivity index (χ0) is 28.3. The molecule has 1 N–H and O–H groups in total. The number of nitrogens with zero attached hydrogens (tertiary/aromatic N) is 3. The monoisotopic (exact) mass is 594 g/mol. The lowest BCUT2D eigenvalue weighted by Crippen LogP contribution is -2.30. The number of methoxy groups -OCH3 is 2. The number of nitriles is 1. The number of nitrogens with one attached hydrogen (secondary N) is 1. The van der Waals surface area contributed by atoms with Crippen molar-refractivity contribution < 1.29 is 31.1 Å². The smallest absolute Gasteiger partial charge is 0.416 e. The number of sulfonamides is 1. The van der Waals surface area contributed by atoms with Crippen molar-refractivity contribution in [3.63, 3.8) is 0 Å². The van der Waals surface area contributed by atoms with Crippen molar-refractivity contribution in [2.75, 3.05) is 14.2 Å². The highest BCUT2D eigenvalue weighted by Gasteiger charge is 2.41. The van der Waals surface area contributed by atoms with Gasteiger partial charge in [-0.3, -0.25) is 0 Å². The van der Waals surface area contributed by atoms with E-state index in [-0.39, 0.29) is 25.4 Å². The molecule has 1 heterocycles. The van der Waals surface area contributed by atoms with Crippen molar-refractivity contribution in [2.45, 2.75) is 26.1 Å². The fourth-order valence-electron chi connectivity index (χ4n) is 3.80. The van der Waals surface area contributed by atoms with Gasteiger partial charge in [0.25, 0.3) is 0 Å². The quantitative estimate of drug-likeness (QED) is 0.262. The number of hydrogen-bond acceptors (Lipinski definition) is 8. The summed E-state index contributed by atoms with van der Waals surface area (Å²) < 4.78 is 85.9. The molecule has 1 unspecified atom stereocenters. The van der Waals surface area contributed by atoms with E-state index in [1.165, 1.54) is 32.7 Å². The van der Waals surface area contributed by atoms with Gasteiger partial charge in [-0.15, -0.1) is 0 Å². The normalized spacial score (nSPS) is 14.2. The van der Waals surface area contributed by atoms with Gasteiger partial charge in [0.05, 0.1) is 30.2 Å². The summed E-state index contributed by atoms with van der Waals surface area (Å²) in [6.07, 6.45) is -3.49. The molecule has 4 aromatic rings. The van der Waals surface area contributed by atoms with Crippen molar-refractivity contribution in [2.24, 2.45) is 0 Å². The first kappa shape index (κ1) is 28.4. The molecule has 0 amide bonds. The summed E-state index contributed by atoms with van der Waals surface area (Å²) in [5, 5.41) is 9.96. The van der Waals surface area contributed by atoms with Crippen LogP contribution in [-0.2, 0) is 22.0 Å². The van der Waals surface area contributed by atoms with Crippen LogP contribution >= 0.6 is 21.7 Å². The molecule has 0 saturated carbocycles. The second-order valence-corrected chi connectivity index (χ2v) is 13.8. The van der Waals surface area contributed by atoms with E-state index in [0.29, 0.717) is 23.1 Å². The lowest BCUT2D eigenvalue weighted by atomic mass is 10.1. The van der Waals surface area contributed by atoms with Gasteiger partial charge in [-0.1, -0.05) is 34.5 Å². The predicted octanol–water partition coefficient (Wildman–Crippen LogP) is 5.76. The van der Waals surface area contributed by atoms with Crippen LogP contribution in [0.4, 0.5) is 13.2 Å². The average molecular weight is 595 g/mol. The van der Waals surface area contributed by atoms with E-state index in [0.717, 1.165) is 23.7 Å². The number of hydrogen-bond donors (Lipinski definition) is 1. The molecule has 4 rings (SSSR count). The van der Waals surface area contributed by atoms with Crippen molar-refractivity contribution in [1.29, 1.82) is 5.26 Å². The van der Waals surface area contributed by atoms with Crippen LogP contribution in [0.5, 0.6) is 11.5 Å². The number of ether oxygens (including phenoxy) is 2. The van der Waals surface area contributed by atoms with Crippen LogP contribution in [-0.4, -0.2) is 32.0 Å². The maximum Gasteiger partial charge on any atom is 0.416 e. The van der Waals surface area contributed by atoms with E-state index in [1.54, 1.807) is 36.4 Å². The standard InChI is InChI=1S/C25H21F3N4O4S3/c1-35-20-10-8-17(22(13-20)36-2)15-38(24-30-16-31-37-24,32-39(33,34)21-6-4-3-5-7-21)23-11-9-19(25(26,27)28)12-18(23)14-29/h3-13,16,32H,15H2,1-2H3. The lowest BCUT2D eigenvalue weighted by molar-refractivity contribution is -0.137. The number of aromatic nitrogens is 2. The van der Waals surface area contributed by atoms with Gasteiger partial charge >= 0.3 is 6.18 Å². The SMILES string of the molecule is COc1ccc(CS(NS(=O)(=O)c2ccccc2)(c2ncns2)c2ccc(C(F)(F)F)cc2C#N)c(OC)c1. The third kappa shape index (κ3) is 5.86. The van der Waals surface area contributed by atoms with Crippen molar-refractivity contribution in [3.8, 4) is 17.6 Å². The van der Waals surface area contributed by atoms with Gasteiger partial charge in [-0.05, 0) is 47.9 Å². The number of rotatable bonds is 9. The lowest BCUT2D eigenvalue weighted by Gasteiger charge is -2.39. The summed E-state index contributed by atoms with van der Waals surface area (Å²) >= 11 is 0.882. The molecular formula is C25H21F3N4O4S3. The molecule has 0 aliphatic heterocycles. The Hall–Kier alpha value is -3.64. The molecule has 0 radical (unpaired) electrons. The maximum absolute atomic E-state index is 13.7. The largest absolute Gasteiger partial charge is 0.497 e. The van der Waals surface area contributed by atoms with E-state index in [9.17, 15) is 26.9 Å². The third-order valence-electron chi connectivity index (χ3n) is 5.61. The zero-order valence-electron chi connectivity index (χ0n) is 20.5. The second-order valence-electron chi connectivity index (χ2n) is 7.99. The Balaban J connectivity index is 2.03. The van der Waals surface area contributed by atoms with Gasteiger partial charge in [-0.25, -0.2) is 13.4 Å². The Kier molecular flexibility index (Phi) is 8.17. The summed E-state index contributed by atoms with van der Waals surface area (Å²) in [4.78, 5) is 4.27. The van der Waals surface area contributed by atoms with E-state index in [1.807, 2.05) is 6.07 Å². The van der Waals surface area contributed by atoms with Crippen LogP contribution in [0.15, 0.2) is 87.2 Å². The molecule has 0 aliphatic rings. The van der Waals surface area contributed by atoms with Crippen LogP contribution in [0.1, 0.15) is 16.7 Å². The van der Waals surface area contributed by atoms with Crippen LogP contribution in [0, 0.1) is 11.3 Å². The first-order valence-electron chi connectivity index (χ1n) is 11.0. The highest BCUT2D eigenvalue weighted by molar-refractivity contribution is 8.36. The summed E-state index contributed by atoms with van der Waals surface area (Å²) in [5.41, 5.74) is -0.886. The molecule has 1 aromatic heterocycles. The van der Waals surface area contributed by atoms with E-state index < -0.39 is 32.0 Å². The molecule has 1 atom stereocenters. The van der Waals surface area contributed by atoms with Gasteiger partial charge in [0.15, 0.2) is 4.34 Å². The van der Waals surface area contributed by atoms with Crippen LogP contribution in [0.25, 0.3) is 0 Å².